The van der Waals surface area contributed by atoms with Gasteiger partial charge < -0.3 is 10.6 Å². The van der Waals surface area contributed by atoms with E-state index in [-0.39, 0.29) is 5.82 Å². The summed E-state index contributed by atoms with van der Waals surface area (Å²) in [5.41, 5.74) is 9.45. The van der Waals surface area contributed by atoms with Crippen LogP contribution in [0.15, 0.2) is 42.5 Å². The highest BCUT2D eigenvalue weighted by atomic mass is 19.1. The molecule has 1 aliphatic rings. The lowest BCUT2D eigenvalue weighted by atomic mass is 10.0. The molecule has 0 saturated carbocycles. The normalized spacial score (nSPS) is 18.5. The standard InChI is InChI=1S/C17H19FN2/c1-12-10-17(15(19)11-14(12)18)20-9-5-8-16(20)13-6-3-2-4-7-13/h2-4,6-7,10-11,16H,5,8-9,19H2,1H3. The smallest absolute Gasteiger partial charge is 0.128 e. The van der Waals surface area contributed by atoms with Crippen LogP contribution >= 0.6 is 0 Å². The van der Waals surface area contributed by atoms with Gasteiger partial charge >= 0.3 is 0 Å². The van der Waals surface area contributed by atoms with Crippen LogP contribution in [0.25, 0.3) is 0 Å². The van der Waals surface area contributed by atoms with Crippen molar-refractivity contribution in [3.63, 3.8) is 0 Å². The maximum Gasteiger partial charge on any atom is 0.128 e. The van der Waals surface area contributed by atoms with Crippen LogP contribution < -0.4 is 10.6 Å². The Morgan fingerprint density at radius 1 is 1.20 bits per heavy atom. The summed E-state index contributed by atoms with van der Waals surface area (Å²) in [4.78, 5) is 2.30. The average molecular weight is 270 g/mol. The Bertz CT molecular complexity index is 610. The van der Waals surface area contributed by atoms with Crippen molar-refractivity contribution >= 4 is 11.4 Å². The molecule has 1 aliphatic heterocycles. The summed E-state index contributed by atoms with van der Waals surface area (Å²) < 4.78 is 13.6. The van der Waals surface area contributed by atoms with Crippen molar-refractivity contribution in [2.75, 3.05) is 17.2 Å². The predicted molar refractivity (Wildman–Crippen MR) is 81.3 cm³/mol. The molecule has 3 rings (SSSR count). The van der Waals surface area contributed by atoms with Crippen molar-refractivity contribution in [3.05, 3.63) is 59.4 Å². The molecule has 0 bridgehead atoms. The SMILES string of the molecule is Cc1cc(N2CCCC2c2ccccc2)c(N)cc1F. The van der Waals surface area contributed by atoms with Gasteiger partial charge in [-0.25, -0.2) is 4.39 Å². The van der Waals surface area contributed by atoms with Crippen LogP contribution in [0.2, 0.25) is 0 Å². The zero-order valence-electron chi connectivity index (χ0n) is 11.6. The Morgan fingerprint density at radius 3 is 2.70 bits per heavy atom. The van der Waals surface area contributed by atoms with E-state index in [1.54, 1.807) is 6.92 Å². The van der Waals surface area contributed by atoms with Crippen LogP contribution in [-0.4, -0.2) is 6.54 Å². The van der Waals surface area contributed by atoms with E-state index in [1.165, 1.54) is 11.6 Å². The van der Waals surface area contributed by atoms with Crippen molar-refractivity contribution in [3.8, 4) is 0 Å². The third kappa shape index (κ3) is 2.24. The van der Waals surface area contributed by atoms with Crippen molar-refractivity contribution in [2.45, 2.75) is 25.8 Å². The fourth-order valence-electron chi connectivity index (χ4n) is 3.01. The molecule has 1 heterocycles. The molecule has 0 radical (unpaired) electrons. The third-order valence-corrected chi connectivity index (χ3v) is 4.05. The second-order valence-electron chi connectivity index (χ2n) is 5.42. The fourth-order valence-corrected chi connectivity index (χ4v) is 3.01. The summed E-state index contributed by atoms with van der Waals surface area (Å²) in [6, 6.07) is 14.1. The van der Waals surface area contributed by atoms with Crippen molar-refractivity contribution in [1.82, 2.24) is 0 Å². The summed E-state index contributed by atoms with van der Waals surface area (Å²) in [6.45, 7) is 2.75. The molecule has 3 heteroatoms. The molecular formula is C17H19FN2. The molecule has 2 aromatic rings. The van der Waals surface area contributed by atoms with E-state index in [2.05, 4.69) is 29.2 Å². The van der Waals surface area contributed by atoms with Gasteiger partial charge in [0.25, 0.3) is 0 Å². The minimum Gasteiger partial charge on any atom is -0.397 e. The lowest BCUT2D eigenvalue weighted by Gasteiger charge is -2.28. The molecule has 1 fully saturated rings. The number of nitrogen functional groups attached to an aromatic ring is 1. The first kappa shape index (κ1) is 13.0. The number of aryl methyl sites for hydroxylation is 1. The largest absolute Gasteiger partial charge is 0.397 e. The van der Waals surface area contributed by atoms with Gasteiger partial charge in [-0.1, -0.05) is 30.3 Å². The molecule has 1 saturated heterocycles. The topological polar surface area (TPSA) is 29.3 Å². The third-order valence-electron chi connectivity index (χ3n) is 4.05. The molecule has 2 N–H and O–H groups in total. The molecule has 1 atom stereocenters. The first-order valence-corrected chi connectivity index (χ1v) is 7.04. The van der Waals surface area contributed by atoms with Crippen LogP contribution in [0, 0.1) is 12.7 Å². The minimum absolute atomic E-state index is 0.235. The molecule has 0 spiro atoms. The van der Waals surface area contributed by atoms with E-state index in [1.807, 2.05) is 12.1 Å². The summed E-state index contributed by atoms with van der Waals surface area (Å²) >= 11 is 0. The van der Waals surface area contributed by atoms with Crippen LogP contribution in [-0.2, 0) is 0 Å². The molecule has 20 heavy (non-hydrogen) atoms. The number of hydrogen-bond donors (Lipinski definition) is 1. The van der Waals surface area contributed by atoms with Crippen molar-refractivity contribution in [2.24, 2.45) is 0 Å². The van der Waals surface area contributed by atoms with Gasteiger partial charge in [-0.05, 0) is 43.0 Å². The Balaban J connectivity index is 1.99. The van der Waals surface area contributed by atoms with Crippen molar-refractivity contribution in [1.29, 1.82) is 0 Å². The molecule has 0 aromatic heterocycles. The number of nitrogens with two attached hydrogens (primary N) is 1. The molecule has 2 aromatic carbocycles. The van der Waals surface area contributed by atoms with Gasteiger partial charge in [0.15, 0.2) is 0 Å². The van der Waals surface area contributed by atoms with E-state index in [4.69, 9.17) is 5.73 Å². The van der Waals surface area contributed by atoms with Gasteiger partial charge in [0.2, 0.25) is 0 Å². The lowest BCUT2D eigenvalue weighted by Crippen LogP contribution is -2.23. The maximum absolute atomic E-state index is 13.6. The zero-order chi connectivity index (χ0) is 14.1. The molecular weight excluding hydrogens is 251 g/mol. The quantitative estimate of drug-likeness (QED) is 0.834. The van der Waals surface area contributed by atoms with Crippen LogP contribution in [0.3, 0.4) is 0 Å². The summed E-state index contributed by atoms with van der Waals surface area (Å²) in [6.07, 6.45) is 2.25. The van der Waals surface area contributed by atoms with E-state index in [9.17, 15) is 4.39 Å². The number of anilines is 2. The van der Waals surface area contributed by atoms with E-state index in [0.717, 1.165) is 25.1 Å². The Morgan fingerprint density at radius 2 is 1.95 bits per heavy atom. The highest BCUT2D eigenvalue weighted by Gasteiger charge is 2.27. The number of halogens is 1. The highest BCUT2D eigenvalue weighted by molar-refractivity contribution is 5.70. The molecule has 104 valence electrons. The van der Waals surface area contributed by atoms with Crippen LogP contribution in [0.4, 0.5) is 15.8 Å². The molecule has 0 aliphatic carbocycles. The van der Waals surface area contributed by atoms with Crippen LogP contribution in [0.1, 0.15) is 30.0 Å². The van der Waals surface area contributed by atoms with Gasteiger partial charge in [0, 0.05) is 6.54 Å². The van der Waals surface area contributed by atoms with Gasteiger partial charge in [0.05, 0.1) is 17.4 Å². The monoisotopic (exact) mass is 270 g/mol. The first-order valence-electron chi connectivity index (χ1n) is 7.04. The summed E-state index contributed by atoms with van der Waals surface area (Å²) in [7, 11) is 0. The Hall–Kier alpha value is -2.03. The van der Waals surface area contributed by atoms with Gasteiger partial charge in [-0.3, -0.25) is 0 Å². The average Bonchev–Trinajstić information content (AvgIpc) is 2.93. The second kappa shape index (κ2) is 5.16. The number of nitrogens with zero attached hydrogens (tertiary/aromatic N) is 1. The second-order valence-corrected chi connectivity index (χ2v) is 5.42. The van der Waals surface area contributed by atoms with E-state index >= 15 is 0 Å². The zero-order valence-corrected chi connectivity index (χ0v) is 11.6. The number of benzene rings is 2. The fraction of sp³-hybridized carbons (Fsp3) is 0.294. The Labute approximate surface area is 119 Å². The minimum atomic E-state index is -0.235. The predicted octanol–water partition coefficient (Wildman–Crippen LogP) is 4.06. The van der Waals surface area contributed by atoms with Crippen molar-refractivity contribution < 1.29 is 4.39 Å². The summed E-state index contributed by atoms with van der Waals surface area (Å²) in [5, 5.41) is 0. The van der Waals surface area contributed by atoms with E-state index < -0.39 is 0 Å². The first-order chi connectivity index (χ1) is 9.66. The van der Waals surface area contributed by atoms with Crippen LogP contribution in [0.5, 0.6) is 0 Å². The lowest BCUT2D eigenvalue weighted by molar-refractivity contribution is 0.618. The molecule has 0 amide bonds. The van der Waals surface area contributed by atoms with Gasteiger partial charge in [0.1, 0.15) is 5.82 Å². The van der Waals surface area contributed by atoms with Gasteiger partial charge in [-0.15, -0.1) is 0 Å². The highest BCUT2D eigenvalue weighted by Crippen LogP contribution is 2.39. The number of hydrogen-bond acceptors (Lipinski definition) is 2. The van der Waals surface area contributed by atoms with Gasteiger partial charge in [-0.2, -0.15) is 0 Å². The molecule has 2 nitrogen and oxygen atoms in total. The number of rotatable bonds is 2. The summed E-state index contributed by atoms with van der Waals surface area (Å²) in [5.74, 6) is -0.235. The van der Waals surface area contributed by atoms with E-state index in [0.29, 0.717) is 17.3 Å². The Kier molecular flexibility index (Phi) is 3.35. The maximum atomic E-state index is 13.6. The molecule has 1 unspecified atom stereocenters.